The Bertz CT molecular complexity index is 1650. The van der Waals surface area contributed by atoms with Crippen LogP contribution in [-0.2, 0) is 15.9 Å². The van der Waals surface area contributed by atoms with E-state index in [0.29, 0.717) is 17.0 Å². The number of anilines is 1. The summed E-state index contributed by atoms with van der Waals surface area (Å²) in [6.07, 6.45) is -4.93. The van der Waals surface area contributed by atoms with Crippen molar-refractivity contribution in [3.05, 3.63) is 161 Å². The summed E-state index contributed by atoms with van der Waals surface area (Å²) in [4.78, 5) is 16.7. The van der Waals surface area contributed by atoms with Crippen LogP contribution >= 0.6 is 0 Å². The second-order valence-electron chi connectivity index (χ2n) is 10.2. The third kappa shape index (κ3) is 4.60. The van der Waals surface area contributed by atoms with Crippen LogP contribution in [0.1, 0.15) is 27.8 Å². The molecule has 43 heavy (non-hydrogen) atoms. The molecule has 1 aliphatic rings. The first-order valence-electron chi connectivity index (χ1n) is 13.5. The van der Waals surface area contributed by atoms with Crippen molar-refractivity contribution >= 4 is 11.6 Å². The van der Waals surface area contributed by atoms with Crippen LogP contribution in [0.15, 0.2) is 133 Å². The lowest BCUT2D eigenvalue weighted by Gasteiger charge is -2.44. The molecular weight excluding hydrogens is 553 g/mol. The zero-order valence-electron chi connectivity index (χ0n) is 23.1. The van der Waals surface area contributed by atoms with Crippen LogP contribution in [0.3, 0.4) is 0 Å². The van der Waals surface area contributed by atoms with Crippen molar-refractivity contribution < 1.29 is 27.4 Å². The molecule has 0 spiro atoms. The van der Waals surface area contributed by atoms with Gasteiger partial charge in [0.1, 0.15) is 22.6 Å². The lowest BCUT2D eigenvalue weighted by atomic mass is 9.75. The number of nitrogens with two attached hydrogens (primary N) is 1. The molecule has 1 unspecified atom stereocenters. The quantitative estimate of drug-likeness (QED) is 0.208. The molecule has 0 fully saturated rings. The minimum absolute atomic E-state index is 0.177. The molecule has 0 radical (unpaired) electrons. The number of ether oxygens (including phenoxy) is 2. The summed E-state index contributed by atoms with van der Waals surface area (Å²) in [6.45, 7) is 0. The highest BCUT2D eigenvalue weighted by atomic mass is 19.4. The molecule has 1 atom stereocenters. The molecule has 0 aromatic heterocycles. The van der Waals surface area contributed by atoms with Crippen molar-refractivity contribution in [1.82, 2.24) is 0 Å². The van der Waals surface area contributed by atoms with Crippen molar-refractivity contribution in [2.45, 2.75) is 17.4 Å². The highest BCUT2D eigenvalue weighted by molar-refractivity contribution is 6.12. The van der Waals surface area contributed by atoms with Crippen molar-refractivity contribution in [3.8, 4) is 11.5 Å². The largest absolute Gasteiger partial charge is 0.573 e. The summed E-state index contributed by atoms with van der Waals surface area (Å²) in [6, 6.07) is 39.0. The van der Waals surface area contributed by atoms with E-state index in [-0.39, 0.29) is 5.56 Å². The molecule has 0 saturated heterocycles. The molecule has 5 aromatic carbocycles. The van der Waals surface area contributed by atoms with Gasteiger partial charge in [-0.15, -0.1) is 13.2 Å². The first-order valence-corrected chi connectivity index (χ1v) is 13.5. The predicted molar refractivity (Wildman–Crippen MR) is 158 cm³/mol. The van der Waals surface area contributed by atoms with Crippen molar-refractivity contribution in [2.24, 2.45) is 5.73 Å². The van der Waals surface area contributed by atoms with Gasteiger partial charge in [-0.1, -0.05) is 103 Å². The molecule has 1 heterocycles. The number of hydrogen-bond acceptors (Lipinski definition) is 4. The van der Waals surface area contributed by atoms with E-state index in [0.717, 1.165) is 16.7 Å². The molecule has 0 aliphatic carbocycles. The number of methoxy groups -OCH3 is 1. The monoisotopic (exact) mass is 580 g/mol. The SMILES string of the molecule is COc1ccc(C2(N)C(=O)N(C(c3ccccc3)(c3ccccc3)c3ccccc3)c3ccc(OC(F)(F)F)cc32)cc1. The fraction of sp³-hybridized carbons (Fsp3) is 0.114. The van der Waals surface area contributed by atoms with E-state index in [1.807, 2.05) is 91.0 Å². The Kier molecular flexibility index (Phi) is 6.94. The van der Waals surface area contributed by atoms with Crippen molar-refractivity contribution in [2.75, 3.05) is 12.0 Å². The van der Waals surface area contributed by atoms with Gasteiger partial charge in [0.15, 0.2) is 0 Å². The van der Waals surface area contributed by atoms with Crippen LogP contribution in [-0.4, -0.2) is 19.4 Å². The lowest BCUT2D eigenvalue weighted by molar-refractivity contribution is -0.274. The molecule has 5 nitrogen and oxygen atoms in total. The minimum Gasteiger partial charge on any atom is -0.497 e. The van der Waals surface area contributed by atoms with E-state index >= 15 is 4.79 Å². The van der Waals surface area contributed by atoms with Crippen LogP contribution in [0, 0.1) is 0 Å². The molecule has 1 aliphatic heterocycles. The fourth-order valence-corrected chi connectivity index (χ4v) is 6.02. The van der Waals surface area contributed by atoms with Gasteiger partial charge < -0.3 is 15.2 Å². The highest BCUT2D eigenvalue weighted by Crippen LogP contribution is 2.54. The Morgan fingerprint density at radius 3 is 1.58 bits per heavy atom. The molecular formula is C35H27F3N2O3. The van der Waals surface area contributed by atoms with Gasteiger partial charge in [-0.05, 0) is 52.6 Å². The average molecular weight is 581 g/mol. The van der Waals surface area contributed by atoms with Gasteiger partial charge in [0.2, 0.25) is 0 Å². The van der Waals surface area contributed by atoms with Gasteiger partial charge >= 0.3 is 6.36 Å². The van der Waals surface area contributed by atoms with Crippen LogP contribution in [0.4, 0.5) is 18.9 Å². The Balaban J connectivity index is 1.71. The molecule has 0 bridgehead atoms. The van der Waals surface area contributed by atoms with Crippen LogP contribution in [0.25, 0.3) is 0 Å². The zero-order chi connectivity index (χ0) is 30.2. The van der Waals surface area contributed by atoms with Gasteiger partial charge in [-0.2, -0.15) is 0 Å². The van der Waals surface area contributed by atoms with Crippen LogP contribution < -0.4 is 20.1 Å². The summed E-state index contributed by atoms with van der Waals surface area (Å²) in [5.74, 6) is -0.460. The molecule has 2 N–H and O–H groups in total. The molecule has 216 valence electrons. The number of carbonyl (C=O) groups excluding carboxylic acids is 1. The summed E-state index contributed by atoms with van der Waals surface area (Å²) in [7, 11) is 1.51. The number of rotatable bonds is 7. The number of nitrogens with zero attached hydrogens (tertiary/aromatic N) is 1. The van der Waals surface area contributed by atoms with E-state index in [2.05, 4.69) is 4.74 Å². The summed E-state index contributed by atoms with van der Waals surface area (Å²) in [5.41, 5.74) is 7.21. The van der Waals surface area contributed by atoms with Gasteiger partial charge in [-0.25, -0.2) is 0 Å². The number of alkyl halides is 3. The fourth-order valence-electron chi connectivity index (χ4n) is 6.02. The smallest absolute Gasteiger partial charge is 0.497 e. The maximum Gasteiger partial charge on any atom is 0.573 e. The molecule has 8 heteroatoms. The highest BCUT2D eigenvalue weighted by Gasteiger charge is 2.58. The Labute approximate surface area is 246 Å². The summed E-state index contributed by atoms with van der Waals surface area (Å²) < 4.78 is 49.7. The van der Waals surface area contributed by atoms with E-state index < -0.39 is 29.1 Å². The van der Waals surface area contributed by atoms with E-state index in [1.165, 1.54) is 25.3 Å². The first-order chi connectivity index (χ1) is 20.7. The molecule has 5 aromatic rings. The third-order valence-corrected chi connectivity index (χ3v) is 7.86. The zero-order valence-corrected chi connectivity index (χ0v) is 23.1. The van der Waals surface area contributed by atoms with Crippen LogP contribution in [0.5, 0.6) is 11.5 Å². The van der Waals surface area contributed by atoms with Crippen molar-refractivity contribution in [1.29, 1.82) is 0 Å². The van der Waals surface area contributed by atoms with Crippen LogP contribution in [0.2, 0.25) is 0 Å². The maximum absolute atomic E-state index is 15.1. The number of hydrogen-bond donors (Lipinski definition) is 1. The van der Waals surface area contributed by atoms with Gasteiger partial charge in [0, 0.05) is 5.56 Å². The number of carbonyl (C=O) groups is 1. The number of amides is 1. The van der Waals surface area contributed by atoms with Crippen molar-refractivity contribution in [3.63, 3.8) is 0 Å². The maximum atomic E-state index is 15.1. The Morgan fingerprint density at radius 1 is 0.674 bits per heavy atom. The second-order valence-corrected chi connectivity index (χ2v) is 10.2. The lowest BCUT2D eigenvalue weighted by Crippen LogP contribution is -2.56. The summed E-state index contributed by atoms with van der Waals surface area (Å²) in [5, 5.41) is 0. The number of halogens is 3. The van der Waals surface area contributed by atoms with E-state index in [4.69, 9.17) is 10.5 Å². The average Bonchev–Trinajstić information content (AvgIpc) is 3.25. The number of benzene rings is 5. The Morgan fingerprint density at radius 2 is 1.14 bits per heavy atom. The van der Waals surface area contributed by atoms with E-state index in [1.54, 1.807) is 29.2 Å². The summed E-state index contributed by atoms with van der Waals surface area (Å²) >= 11 is 0. The van der Waals surface area contributed by atoms with Gasteiger partial charge in [0.05, 0.1) is 12.8 Å². The molecule has 6 rings (SSSR count). The molecule has 0 saturated carbocycles. The number of fused-ring (bicyclic) bond motifs is 1. The second kappa shape index (κ2) is 10.6. The first kappa shape index (κ1) is 28.1. The topological polar surface area (TPSA) is 64.8 Å². The van der Waals surface area contributed by atoms with E-state index in [9.17, 15) is 13.2 Å². The third-order valence-electron chi connectivity index (χ3n) is 7.86. The Hall–Kier alpha value is -5.08. The van der Waals surface area contributed by atoms with Gasteiger partial charge in [0.25, 0.3) is 5.91 Å². The standard InChI is InChI=1S/C35H27F3N2O3/c1-42-28-19-17-24(18-20-28)33(39)30-23-29(43-35(36,37)38)21-22-31(30)40(32(33)41)34(25-11-5-2-6-12-25,26-13-7-3-8-14-26)27-15-9-4-10-16-27/h2-23H,39H2,1H3. The minimum atomic E-state index is -4.93. The van der Waals surface area contributed by atoms with Gasteiger partial charge in [-0.3, -0.25) is 9.69 Å². The molecule has 1 amide bonds. The predicted octanol–water partition coefficient (Wildman–Crippen LogP) is 7.13. The normalized spacial score (nSPS) is 16.6.